The lowest BCUT2D eigenvalue weighted by molar-refractivity contribution is -0.162. The Kier molecular flexibility index (Phi) is 8.65. The molecule has 1 amide bonds. The Balaban J connectivity index is 1.45. The van der Waals surface area contributed by atoms with E-state index in [0.717, 1.165) is 39.9 Å². The zero-order chi connectivity index (χ0) is 24.8. The number of benzene rings is 2. The monoisotopic (exact) mass is 543 g/mol. The van der Waals surface area contributed by atoms with Gasteiger partial charge in [-0.05, 0) is 65.0 Å². The molecule has 1 spiro atoms. The summed E-state index contributed by atoms with van der Waals surface area (Å²) in [6.45, 7) is 7.02. The smallest absolute Gasteiger partial charge is 0.259 e. The number of allylic oxidation sites excluding steroid dienone is 1. The molecule has 1 saturated heterocycles. The topological polar surface area (TPSA) is 57.2 Å². The minimum absolute atomic E-state index is 0.00182. The molecule has 2 aliphatic rings. The normalized spacial score (nSPS) is 17.8. The van der Waals surface area contributed by atoms with Crippen molar-refractivity contribution in [3.05, 3.63) is 75.4 Å². The van der Waals surface area contributed by atoms with Gasteiger partial charge in [-0.3, -0.25) is 4.79 Å². The third kappa shape index (κ3) is 6.53. The van der Waals surface area contributed by atoms with Crippen LogP contribution >= 0.6 is 15.9 Å². The van der Waals surface area contributed by atoms with Gasteiger partial charge in [0.1, 0.15) is 5.75 Å². The van der Waals surface area contributed by atoms with Crippen LogP contribution in [0.5, 0.6) is 5.75 Å². The van der Waals surface area contributed by atoms with Crippen molar-refractivity contribution in [3.8, 4) is 5.75 Å². The van der Waals surface area contributed by atoms with Crippen LogP contribution in [0, 0.1) is 12.8 Å². The first-order valence-corrected chi connectivity index (χ1v) is 12.9. The van der Waals surface area contributed by atoms with Gasteiger partial charge >= 0.3 is 0 Å². The molecule has 0 N–H and O–H groups in total. The molecule has 0 radical (unpaired) electrons. The molecule has 1 atom stereocenters. The molecule has 2 aromatic carbocycles. The van der Waals surface area contributed by atoms with Gasteiger partial charge in [0.25, 0.3) is 5.91 Å². The maximum absolute atomic E-state index is 13.8. The third-order valence-electron chi connectivity index (χ3n) is 6.49. The highest BCUT2D eigenvalue weighted by molar-refractivity contribution is 9.10. The van der Waals surface area contributed by atoms with Crippen LogP contribution in [0.25, 0.3) is 0 Å². The second-order valence-electron chi connectivity index (χ2n) is 9.37. The van der Waals surface area contributed by atoms with E-state index in [1.807, 2.05) is 54.3 Å². The lowest BCUT2D eigenvalue weighted by atomic mass is 9.96. The van der Waals surface area contributed by atoms with Gasteiger partial charge in [0.05, 0.1) is 39.1 Å². The fraction of sp³-hybridized carbons (Fsp3) is 0.464. The van der Waals surface area contributed by atoms with Crippen LogP contribution in [0.4, 0.5) is 0 Å². The van der Waals surface area contributed by atoms with Crippen LogP contribution in [0.3, 0.4) is 0 Å². The Hall–Kier alpha value is -2.19. The van der Waals surface area contributed by atoms with Crippen LogP contribution in [0.15, 0.2) is 58.7 Å². The second kappa shape index (κ2) is 11.7. The number of carbonyl (C=O) groups excluding carboxylic acids is 1. The van der Waals surface area contributed by atoms with Gasteiger partial charge in [0.2, 0.25) is 0 Å². The zero-order valence-corrected chi connectivity index (χ0v) is 22.3. The fourth-order valence-electron chi connectivity index (χ4n) is 4.54. The zero-order valence-electron chi connectivity index (χ0n) is 20.7. The van der Waals surface area contributed by atoms with Gasteiger partial charge in [-0.1, -0.05) is 36.8 Å². The highest BCUT2D eigenvalue weighted by Gasteiger charge is 2.39. The van der Waals surface area contributed by atoms with Crippen molar-refractivity contribution in [1.82, 2.24) is 4.90 Å². The number of halogens is 1. The average molecular weight is 544 g/mol. The second-order valence-corrected chi connectivity index (χ2v) is 10.2. The summed E-state index contributed by atoms with van der Waals surface area (Å²) in [4.78, 5) is 15.7. The molecule has 2 aromatic rings. The van der Waals surface area contributed by atoms with E-state index < -0.39 is 5.79 Å². The quantitative estimate of drug-likeness (QED) is 0.395. The summed E-state index contributed by atoms with van der Waals surface area (Å²) in [6, 6.07) is 13.8. The van der Waals surface area contributed by atoms with Crippen LogP contribution in [-0.2, 0) is 20.8 Å². The molecular formula is C28H34BrNO5. The predicted octanol–water partition coefficient (Wildman–Crippen LogP) is 5.87. The first-order valence-electron chi connectivity index (χ1n) is 12.1. The molecule has 6 nitrogen and oxygen atoms in total. The molecule has 4 rings (SSSR count). The number of carbonyl (C=O) groups is 1. The summed E-state index contributed by atoms with van der Waals surface area (Å²) >= 11 is 3.58. The van der Waals surface area contributed by atoms with Gasteiger partial charge in [-0.25, -0.2) is 0 Å². The number of hydrogen-bond donors (Lipinski definition) is 0. The number of methoxy groups -OCH3 is 1. The molecule has 1 aliphatic heterocycles. The van der Waals surface area contributed by atoms with Gasteiger partial charge in [-0.2, -0.15) is 0 Å². The summed E-state index contributed by atoms with van der Waals surface area (Å²) in [5.74, 6) is 0.457. The number of ether oxygens (including phenoxy) is 4. The van der Waals surface area contributed by atoms with E-state index in [1.54, 1.807) is 7.11 Å². The highest BCUT2D eigenvalue weighted by Crippen LogP contribution is 2.37. The Labute approximate surface area is 216 Å². The lowest BCUT2D eigenvalue weighted by Gasteiger charge is -2.35. The summed E-state index contributed by atoms with van der Waals surface area (Å²) in [5, 5.41) is 0. The number of rotatable bonds is 9. The van der Waals surface area contributed by atoms with Crippen LogP contribution < -0.4 is 4.74 Å². The van der Waals surface area contributed by atoms with Gasteiger partial charge < -0.3 is 23.8 Å². The summed E-state index contributed by atoms with van der Waals surface area (Å²) in [7, 11) is 1.66. The molecule has 0 saturated carbocycles. The van der Waals surface area contributed by atoms with Crippen molar-refractivity contribution in [1.29, 1.82) is 0 Å². The van der Waals surface area contributed by atoms with Gasteiger partial charge in [0, 0.05) is 29.6 Å². The van der Waals surface area contributed by atoms with Crippen molar-refractivity contribution in [3.63, 3.8) is 0 Å². The van der Waals surface area contributed by atoms with E-state index in [1.165, 1.54) is 0 Å². The minimum Gasteiger partial charge on any atom is -0.497 e. The maximum atomic E-state index is 13.8. The number of nitrogens with zero attached hydrogens (tertiary/aromatic N) is 1. The first kappa shape index (κ1) is 25.9. The minimum atomic E-state index is -0.519. The number of hydrogen-bond acceptors (Lipinski definition) is 5. The van der Waals surface area contributed by atoms with Crippen LogP contribution in [0.1, 0.15) is 47.7 Å². The molecule has 1 heterocycles. The van der Waals surface area contributed by atoms with Gasteiger partial charge in [0.15, 0.2) is 5.79 Å². The molecule has 188 valence electrons. The Morgan fingerprint density at radius 1 is 1.17 bits per heavy atom. The van der Waals surface area contributed by atoms with E-state index in [0.29, 0.717) is 45.0 Å². The average Bonchev–Trinajstić information content (AvgIpc) is 3.32. The summed E-state index contributed by atoms with van der Waals surface area (Å²) in [5.41, 5.74) is 3.84. The summed E-state index contributed by atoms with van der Waals surface area (Å²) in [6.07, 6.45) is 4.25. The highest BCUT2D eigenvalue weighted by atomic mass is 79.9. The van der Waals surface area contributed by atoms with E-state index in [-0.39, 0.29) is 11.8 Å². The van der Waals surface area contributed by atoms with Crippen molar-refractivity contribution in [2.45, 2.75) is 45.5 Å². The number of aryl methyl sites for hydroxylation is 1. The van der Waals surface area contributed by atoms with Crippen molar-refractivity contribution >= 4 is 21.8 Å². The standard InChI is InChI=1S/C28H34BrNO5/c1-20-4-9-26(29)25(16-20)27(31)30(23-10-12-28(13-11-23)34-14-15-35-28)17-21(2)18-33-19-22-5-7-24(32-3)8-6-22/h4-10,16,21H,11-15,17-19H2,1-3H3. The Bertz CT molecular complexity index is 1050. The van der Waals surface area contributed by atoms with Crippen LogP contribution in [0.2, 0.25) is 0 Å². The van der Waals surface area contributed by atoms with Crippen molar-refractivity contribution in [2.24, 2.45) is 5.92 Å². The Morgan fingerprint density at radius 3 is 2.57 bits per heavy atom. The predicted molar refractivity (Wildman–Crippen MR) is 138 cm³/mol. The Morgan fingerprint density at radius 2 is 1.91 bits per heavy atom. The third-order valence-corrected chi connectivity index (χ3v) is 7.18. The first-order chi connectivity index (χ1) is 16.9. The maximum Gasteiger partial charge on any atom is 0.259 e. The van der Waals surface area contributed by atoms with E-state index in [9.17, 15) is 4.79 Å². The molecule has 0 aromatic heterocycles. The molecule has 0 bridgehead atoms. The molecule has 1 fully saturated rings. The molecule has 7 heteroatoms. The largest absolute Gasteiger partial charge is 0.497 e. The van der Waals surface area contributed by atoms with Crippen molar-refractivity contribution in [2.75, 3.05) is 33.5 Å². The lowest BCUT2D eigenvalue weighted by Crippen LogP contribution is -2.39. The van der Waals surface area contributed by atoms with E-state index in [2.05, 4.69) is 28.9 Å². The molecule has 1 aliphatic carbocycles. The van der Waals surface area contributed by atoms with E-state index in [4.69, 9.17) is 18.9 Å². The number of amides is 1. The van der Waals surface area contributed by atoms with Crippen molar-refractivity contribution < 1.29 is 23.7 Å². The molecule has 1 unspecified atom stereocenters. The summed E-state index contributed by atoms with van der Waals surface area (Å²) < 4.78 is 23.8. The molecular weight excluding hydrogens is 510 g/mol. The van der Waals surface area contributed by atoms with Gasteiger partial charge in [-0.15, -0.1) is 0 Å². The van der Waals surface area contributed by atoms with Crippen LogP contribution in [-0.4, -0.2) is 50.1 Å². The SMILES string of the molecule is COc1ccc(COCC(C)CN(C(=O)c2cc(C)ccc2Br)C2=CCC3(CC2)OCCO3)cc1. The fourth-order valence-corrected chi connectivity index (χ4v) is 4.96. The van der Waals surface area contributed by atoms with E-state index >= 15 is 0 Å². The molecule has 35 heavy (non-hydrogen) atoms.